The molecule has 5 saturated carbocycles. The summed E-state index contributed by atoms with van der Waals surface area (Å²) in [6, 6.07) is 0. The molecule has 0 N–H and O–H groups in total. The molecule has 4 unspecified atom stereocenters. The topological polar surface area (TPSA) is 0 Å². The molecule has 0 heteroatoms. The number of hydrogen-bond acceptors (Lipinski definition) is 0. The summed E-state index contributed by atoms with van der Waals surface area (Å²) in [4.78, 5) is 0. The lowest BCUT2D eigenvalue weighted by Crippen LogP contribution is -2.39. The molecule has 5 aliphatic carbocycles. The van der Waals surface area contributed by atoms with Crippen molar-refractivity contribution in [3.63, 3.8) is 0 Å². The Bertz CT molecular complexity index is 239. The molecular formula is C13H19. The highest BCUT2D eigenvalue weighted by molar-refractivity contribution is 5.23. The van der Waals surface area contributed by atoms with Crippen molar-refractivity contribution in [1.82, 2.24) is 0 Å². The summed E-state index contributed by atoms with van der Waals surface area (Å²) in [6.07, 6.45) is 10.6. The Hall–Kier alpha value is 0. The van der Waals surface area contributed by atoms with E-state index in [4.69, 9.17) is 0 Å². The molecule has 0 aliphatic heterocycles. The maximum Gasteiger partial charge on any atom is -0.0224 e. The molecule has 0 amide bonds. The van der Waals surface area contributed by atoms with Crippen LogP contribution in [-0.4, -0.2) is 0 Å². The van der Waals surface area contributed by atoms with Crippen LogP contribution in [0.15, 0.2) is 0 Å². The van der Waals surface area contributed by atoms with Crippen LogP contribution in [0.1, 0.15) is 39.0 Å². The maximum atomic E-state index is 2.54. The molecule has 5 aliphatic rings. The van der Waals surface area contributed by atoms with Gasteiger partial charge in [-0.1, -0.05) is 6.92 Å². The normalized spacial score (nSPS) is 66.7. The average molecular weight is 175 g/mol. The van der Waals surface area contributed by atoms with Gasteiger partial charge in [-0.25, -0.2) is 0 Å². The highest BCUT2D eigenvalue weighted by Crippen LogP contribution is 2.79. The SMILES string of the molecule is C[CH]C1C2C3CC4CC(C3)CC12C4. The predicted molar refractivity (Wildman–Crippen MR) is 52.9 cm³/mol. The molecule has 5 rings (SSSR count). The van der Waals surface area contributed by atoms with Gasteiger partial charge >= 0.3 is 0 Å². The standard InChI is InChI=1S/C13H19/c1-2-11-12-10-4-8-3-9(5-10)7-13(11,12)6-8/h2,8-12H,3-7H2,1H3. The number of rotatable bonds is 1. The van der Waals surface area contributed by atoms with Crippen molar-refractivity contribution in [3.05, 3.63) is 6.42 Å². The average Bonchev–Trinajstić information content (AvgIpc) is 2.71. The third kappa shape index (κ3) is 0.680. The zero-order valence-corrected chi connectivity index (χ0v) is 8.50. The third-order valence-electron chi connectivity index (χ3n) is 5.75. The van der Waals surface area contributed by atoms with Gasteiger partial charge in [0.15, 0.2) is 0 Å². The van der Waals surface area contributed by atoms with Crippen molar-refractivity contribution >= 4 is 0 Å². The second-order valence-corrected chi connectivity index (χ2v) is 6.23. The Labute approximate surface area is 81.1 Å². The third-order valence-corrected chi connectivity index (χ3v) is 5.75. The van der Waals surface area contributed by atoms with Gasteiger partial charge in [-0.3, -0.25) is 0 Å². The first-order valence-electron chi connectivity index (χ1n) is 6.13. The highest BCUT2D eigenvalue weighted by atomic mass is 14.8. The Morgan fingerprint density at radius 3 is 2.38 bits per heavy atom. The molecule has 0 aromatic rings. The van der Waals surface area contributed by atoms with Crippen LogP contribution >= 0.6 is 0 Å². The lowest BCUT2D eigenvalue weighted by atomic mass is 9.56. The largest absolute Gasteiger partial charge is 0.0619 e. The fourth-order valence-electron chi connectivity index (χ4n) is 5.80. The van der Waals surface area contributed by atoms with Crippen LogP contribution in [0.3, 0.4) is 0 Å². The minimum atomic E-state index is 0.878. The quantitative estimate of drug-likeness (QED) is 0.573. The summed E-state index contributed by atoms with van der Waals surface area (Å²) in [5, 5.41) is 0. The van der Waals surface area contributed by atoms with Gasteiger partial charge in [-0.2, -0.15) is 0 Å². The minimum absolute atomic E-state index is 0.878. The smallest absolute Gasteiger partial charge is 0.0224 e. The first-order chi connectivity index (χ1) is 6.33. The first-order valence-corrected chi connectivity index (χ1v) is 6.13. The Kier molecular flexibility index (Phi) is 1.12. The second kappa shape index (κ2) is 1.99. The summed E-state index contributed by atoms with van der Waals surface area (Å²) in [6.45, 7) is 2.30. The zero-order chi connectivity index (χ0) is 8.63. The Morgan fingerprint density at radius 1 is 1.08 bits per heavy atom. The van der Waals surface area contributed by atoms with Crippen LogP contribution in [0.25, 0.3) is 0 Å². The molecular weight excluding hydrogens is 156 g/mol. The molecule has 5 fully saturated rings. The van der Waals surface area contributed by atoms with E-state index in [-0.39, 0.29) is 0 Å². The summed E-state index contributed by atoms with van der Waals surface area (Å²) in [5.74, 6) is 5.67. The lowest BCUT2D eigenvalue weighted by Gasteiger charge is -2.49. The molecule has 0 aromatic carbocycles. The van der Waals surface area contributed by atoms with Gasteiger partial charge < -0.3 is 0 Å². The van der Waals surface area contributed by atoms with E-state index in [0.29, 0.717) is 0 Å². The Morgan fingerprint density at radius 2 is 1.77 bits per heavy atom. The van der Waals surface area contributed by atoms with Gasteiger partial charge in [0.2, 0.25) is 0 Å². The number of hydrogen-bond donors (Lipinski definition) is 0. The molecule has 1 radical (unpaired) electrons. The monoisotopic (exact) mass is 175 g/mol. The molecule has 4 bridgehead atoms. The fraction of sp³-hybridized carbons (Fsp3) is 0.923. The van der Waals surface area contributed by atoms with E-state index in [9.17, 15) is 0 Å². The van der Waals surface area contributed by atoms with Gasteiger partial charge in [0.25, 0.3) is 0 Å². The van der Waals surface area contributed by atoms with Crippen molar-refractivity contribution in [2.45, 2.75) is 39.0 Å². The summed E-state index contributed by atoms with van der Waals surface area (Å²) in [5.41, 5.74) is 0.878. The van der Waals surface area contributed by atoms with Crippen LogP contribution in [-0.2, 0) is 0 Å². The van der Waals surface area contributed by atoms with E-state index in [0.717, 1.165) is 35.0 Å². The van der Waals surface area contributed by atoms with Gasteiger partial charge in [0, 0.05) is 0 Å². The van der Waals surface area contributed by atoms with E-state index in [2.05, 4.69) is 13.3 Å². The van der Waals surface area contributed by atoms with E-state index >= 15 is 0 Å². The van der Waals surface area contributed by atoms with Crippen molar-refractivity contribution < 1.29 is 0 Å². The van der Waals surface area contributed by atoms with Gasteiger partial charge in [-0.05, 0) is 73.5 Å². The second-order valence-electron chi connectivity index (χ2n) is 6.23. The highest BCUT2D eigenvalue weighted by Gasteiger charge is 2.72. The molecule has 0 nitrogen and oxygen atoms in total. The molecule has 0 aromatic heterocycles. The maximum absolute atomic E-state index is 2.54. The van der Waals surface area contributed by atoms with Crippen LogP contribution in [0.5, 0.6) is 0 Å². The summed E-state index contributed by atoms with van der Waals surface area (Å²) >= 11 is 0. The van der Waals surface area contributed by atoms with E-state index < -0.39 is 0 Å². The zero-order valence-electron chi connectivity index (χ0n) is 8.50. The molecule has 71 valence electrons. The van der Waals surface area contributed by atoms with Gasteiger partial charge in [0.05, 0.1) is 0 Å². The molecule has 4 atom stereocenters. The van der Waals surface area contributed by atoms with Crippen LogP contribution in [0, 0.1) is 41.4 Å². The summed E-state index contributed by atoms with van der Waals surface area (Å²) < 4.78 is 0. The van der Waals surface area contributed by atoms with E-state index in [1.54, 1.807) is 32.1 Å². The van der Waals surface area contributed by atoms with Crippen molar-refractivity contribution in [1.29, 1.82) is 0 Å². The molecule has 0 saturated heterocycles. The van der Waals surface area contributed by atoms with Crippen molar-refractivity contribution in [3.8, 4) is 0 Å². The van der Waals surface area contributed by atoms with Gasteiger partial charge in [-0.15, -0.1) is 0 Å². The predicted octanol–water partition coefficient (Wildman–Crippen LogP) is 3.28. The van der Waals surface area contributed by atoms with Crippen molar-refractivity contribution in [2.75, 3.05) is 0 Å². The van der Waals surface area contributed by atoms with Crippen LogP contribution in [0.4, 0.5) is 0 Å². The molecule has 13 heavy (non-hydrogen) atoms. The first kappa shape index (κ1) is 7.31. The Balaban J connectivity index is 1.76. The van der Waals surface area contributed by atoms with Crippen LogP contribution in [0.2, 0.25) is 0 Å². The van der Waals surface area contributed by atoms with Gasteiger partial charge in [0.1, 0.15) is 0 Å². The van der Waals surface area contributed by atoms with Crippen molar-refractivity contribution in [2.24, 2.45) is 35.0 Å². The molecule has 1 spiro atoms. The summed E-state index contributed by atoms with van der Waals surface area (Å²) in [7, 11) is 0. The lowest BCUT2D eigenvalue weighted by molar-refractivity contribution is 0.0110. The fourth-order valence-corrected chi connectivity index (χ4v) is 5.80. The van der Waals surface area contributed by atoms with E-state index in [1.165, 1.54) is 0 Å². The van der Waals surface area contributed by atoms with E-state index in [1.807, 2.05) is 0 Å². The molecule has 0 heterocycles. The minimum Gasteiger partial charge on any atom is -0.0619 e. The van der Waals surface area contributed by atoms with Crippen LogP contribution < -0.4 is 0 Å².